The van der Waals surface area contributed by atoms with Gasteiger partial charge in [-0.25, -0.2) is 4.39 Å². The zero-order valence-corrected chi connectivity index (χ0v) is 16.7. The molecule has 2 aliphatic heterocycles. The molecule has 2 saturated heterocycles. The van der Waals surface area contributed by atoms with Crippen molar-refractivity contribution in [3.63, 3.8) is 0 Å². The average molecular weight is 409 g/mol. The quantitative estimate of drug-likeness (QED) is 0.657. The molecule has 4 heterocycles. The monoisotopic (exact) mass is 409 g/mol. The van der Waals surface area contributed by atoms with Crippen molar-refractivity contribution in [2.75, 3.05) is 24.5 Å². The SMILES string of the molecule is O=C(C1CCN(c2ccc3nnnn3n2)CC1)N1CCCC1Cc1cccc(F)c1. The van der Waals surface area contributed by atoms with Crippen LogP contribution in [0.25, 0.3) is 5.65 Å². The summed E-state index contributed by atoms with van der Waals surface area (Å²) in [5.74, 6) is 0.888. The molecule has 1 unspecified atom stereocenters. The van der Waals surface area contributed by atoms with Crippen molar-refractivity contribution in [3.05, 3.63) is 47.8 Å². The molecule has 1 atom stereocenters. The van der Waals surface area contributed by atoms with E-state index >= 15 is 0 Å². The number of hydrogen-bond acceptors (Lipinski definition) is 6. The Bertz CT molecular complexity index is 1050. The van der Waals surface area contributed by atoms with Crippen LogP contribution in [0.5, 0.6) is 0 Å². The Morgan fingerprint density at radius 3 is 2.80 bits per heavy atom. The molecule has 0 spiro atoms. The van der Waals surface area contributed by atoms with Crippen molar-refractivity contribution < 1.29 is 9.18 Å². The highest BCUT2D eigenvalue weighted by atomic mass is 19.1. The lowest BCUT2D eigenvalue weighted by Gasteiger charge is -2.35. The van der Waals surface area contributed by atoms with Gasteiger partial charge in [-0.1, -0.05) is 12.1 Å². The molecule has 2 fully saturated rings. The molecule has 30 heavy (non-hydrogen) atoms. The van der Waals surface area contributed by atoms with Gasteiger partial charge in [0.1, 0.15) is 5.82 Å². The molecule has 2 aliphatic rings. The average Bonchev–Trinajstić information content (AvgIpc) is 3.42. The first-order valence-electron chi connectivity index (χ1n) is 10.5. The van der Waals surface area contributed by atoms with Crippen molar-refractivity contribution in [2.24, 2.45) is 5.92 Å². The minimum atomic E-state index is -0.218. The lowest BCUT2D eigenvalue weighted by atomic mass is 9.94. The van der Waals surface area contributed by atoms with Crippen LogP contribution < -0.4 is 4.90 Å². The van der Waals surface area contributed by atoms with Gasteiger partial charge in [0.15, 0.2) is 11.5 Å². The first-order valence-corrected chi connectivity index (χ1v) is 10.5. The number of hydrogen-bond donors (Lipinski definition) is 0. The van der Waals surface area contributed by atoms with Gasteiger partial charge in [-0.15, -0.1) is 14.8 Å². The second kappa shape index (κ2) is 7.97. The van der Waals surface area contributed by atoms with E-state index in [1.165, 1.54) is 10.7 Å². The zero-order valence-electron chi connectivity index (χ0n) is 16.7. The van der Waals surface area contributed by atoms with Crippen LogP contribution in [0.3, 0.4) is 0 Å². The van der Waals surface area contributed by atoms with Gasteiger partial charge in [0.2, 0.25) is 5.91 Å². The molecule has 1 aromatic carbocycles. The Morgan fingerprint density at radius 1 is 1.10 bits per heavy atom. The van der Waals surface area contributed by atoms with Crippen LogP contribution in [0.4, 0.5) is 10.2 Å². The van der Waals surface area contributed by atoms with Crippen LogP contribution in [0, 0.1) is 11.7 Å². The van der Waals surface area contributed by atoms with E-state index in [4.69, 9.17) is 0 Å². The maximum Gasteiger partial charge on any atom is 0.226 e. The number of rotatable bonds is 4. The summed E-state index contributed by atoms with van der Waals surface area (Å²) in [6.45, 7) is 2.36. The summed E-state index contributed by atoms with van der Waals surface area (Å²) >= 11 is 0. The van der Waals surface area contributed by atoms with Gasteiger partial charge in [-0.2, -0.15) is 0 Å². The number of amides is 1. The number of carbonyl (C=O) groups excluding carboxylic acids is 1. The summed E-state index contributed by atoms with van der Waals surface area (Å²) in [4.78, 5) is 17.5. The molecule has 0 radical (unpaired) electrons. The summed E-state index contributed by atoms with van der Waals surface area (Å²) in [7, 11) is 0. The molecule has 0 bridgehead atoms. The summed E-state index contributed by atoms with van der Waals surface area (Å²) in [5, 5.41) is 15.8. The molecule has 0 saturated carbocycles. The molecule has 1 amide bonds. The third kappa shape index (κ3) is 3.71. The minimum Gasteiger partial charge on any atom is -0.355 e. The molecule has 9 heteroatoms. The lowest BCUT2D eigenvalue weighted by molar-refractivity contribution is -0.137. The third-order valence-corrected chi connectivity index (χ3v) is 6.24. The standard InChI is InChI=1S/C21H24FN7O/c22-17-4-1-3-15(13-17)14-18-5-2-10-28(18)21(30)16-8-11-27(12-9-16)20-7-6-19-23-25-26-29(19)24-20/h1,3-4,6-7,13,16,18H,2,5,8-12,14H2. The van der Waals surface area contributed by atoms with E-state index in [9.17, 15) is 9.18 Å². The number of nitrogens with zero attached hydrogens (tertiary/aromatic N) is 7. The number of aromatic nitrogens is 5. The number of benzene rings is 1. The van der Waals surface area contributed by atoms with Crippen molar-refractivity contribution in [1.82, 2.24) is 30.2 Å². The second-order valence-electron chi connectivity index (χ2n) is 8.14. The van der Waals surface area contributed by atoms with Crippen LogP contribution in [0.2, 0.25) is 0 Å². The predicted molar refractivity (Wildman–Crippen MR) is 108 cm³/mol. The van der Waals surface area contributed by atoms with Crippen molar-refractivity contribution >= 4 is 17.4 Å². The summed E-state index contributed by atoms with van der Waals surface area (Å²) in [6.07, 6.45) is 4.32. The van der Waals surface area contributed by atoms with Gasteiger partial charge in [0, 0.05) is 31.6 Å². The van der Waals surface area contributed by atoms with Crippen molar-refractivity contribution in [3.8, 4) is 0 Å². The number of likely N-dealkylation sites (tertiary alicyclic amines) is 1. The second-order valence-corrected chi connectivity index (χ2v) is 8.14. The molecule has 0 N–H and O–H groups in total. The Balaban J connectivity index is 1.21. The fourth-order valence-electron chi connectivity index (χ4n) is 4.67. The summed E-state index contributed by atoms with van der Waals surface area (Å²) in [5.41, 5.74) is 1.57. The molecule has 8 nitrogen and oxygen atoms in total. The van der Waals surface area contributed by atoms with Gasteiger partial charge in [0.25, 0.3) is 0 Å². The van der Waals surface area contributed by atoms with Gasteiger partial charge in [-0.3, -0.25) is 4.79 Å². The van der Waals surface area contributed by atoms with E-state index in [-0.39, 0.29) is 23.7 Å². The van der Waals surface area contributed by atoms with E-state index in [0.717, 1.165) is 63.1 Å². The highest BCUT2D eigenvalue weighted by Crippen LogP contribution is 2.28. The predicted octanol–water partition coefficient (Wildman–Crippen LogP) is 2.11. The van der Waals surface area contributed by atoms with E-state index in [0.29, 0.717) is 5.65 Å². The molecule has 5 rings (SSSR count). The number of carbonyl (C=O) groups is 1. The van der Waals surface area contributed by atoms with Crippen LogP contribution in [-0.2, 0) is 11.2 Å². The first kappa shape index (κ1) is 18.9. The zero-order chi connectivity index (χ0) is 20.5. The number of piperidine rings is 1. The minimum absolute atomic E-state index is 0.0335. The third-order valence-electron chi connectivity index (χ3n) is 6.24. The van der Waals surface area contributed by atoms with Crippen LogP contribution in [0.15, 0.2) is 36.4 Å². The highest BCUT2D eigenvalue weighted by molar-refractivity contribution is 5.80. The van der Waals surface area contributed by atoms with Crippen LogP contribution in [-0.4, -0.2) is 61.7 Å². The Labute approximate surface area is 173 Å². The number of fused-ring (bicyclic) bond motifs is 1. The van der Waals surface area contributed by atoms with E-state index in [1.807, 2.05) is 23.1 Å². The van der Waals surface area contributed by atoms with Crippen molar-refractivity contribution in [2.45, 2.75) is 38.1 Å². The van der Waals surface area contributed by atoms with Gasteiger partial charge < -0.3 is 9.80 Å². The number of anilines is 1. The fourth-order valence-corrected chi connectivity index (χ4v) is 4.67. The fraction of sp³-hybridized carbons (Fsp3) is 0.476. The largest absolute Gasteiger partial charge is 0.355 e. The molecular weight excluding hydrogens is 385 g/mol. The Kier molecular flexibility index (Phi) is 5.02. The summed E-state index contributed by atoms with van der Waals surface area (Å²) < 4.78 is 15.0. The topological polar surface area (TPSA) is 79.5 Å². The number of halogens is 1. The summed E-state index contributed by atoms with van der Waals surface area (Å²) in [6, 6.07) is 10.7. The van der Waals surface area contributed by atoms with Gasteiger partial charge in [-0.05, 0) is 72.4 Å². The smallest absolute Gasteiger partial charge is 0.226 e. The molecular formula is C21H24FN7O. The number of tetrazole rings is 1. The van der Waals surface area contributed by atoms with Crippen LogP contribution in [0.1, 0.15) is 31.2 Å². The molecule has 156 valence electrons. The first-order chi connectivity index (χ1) is 14.7. The maximum absolute atomic E-state index is 13.5. The molecule has 2 aromatic heterocycles. The lowest BCUT2D eigenvalue weighted by Crippen LogP contribution is -2.45. The van der Waals surface area contributed by atoms with Crippen molar-refractivity contribution in [1.29, 1.82) is 0 Å². The van der Waals surface area contributed by atoms with Gasteiger partial charge in [0.05, 0.1) is 0 Å². The molecule has 3 aromatic rings. The van der Waals surface area contributed by atoms with E-state index in [2.05, 4.69) is 25.5 Å². The maximum atomic E-state index is 13.5. The molecule has 0 aliphatic carbocycles. The van der Waals surface area contributed by atoms with Crippen LogP contribution >= 0.6 is 0 Å². The van der Waals surface area contributed by atoms with Gasteiger partial charge >= 0.3 is 0 Å². The van der Waals surface area contributed by atoms with E-state index < -0.39 is 0 Å². The Morgan fingerprint density at radius 2 is 1.97 bits per heavy atom. The van der Waals surface area contributed by atoms with E-state index in [1.54, 1.807) is 12.1 Å². The highest BCUT2D eigenvalue weighted by Gasteiger charge is 2.35. The normalized spacial score (nSPS) is 20.2. The Hall–Kier alpha value is -3.10.